The van der Waals surface area contributed by atoms with Crippen LogP contribution in [0.5, 0.6) is 0 Å². The zero-order chi connectivity index (χ0) is 13.9. The summed E-state index contributed by atoms with van der Waals surface area (Å²) in [6.07, 6.45) is -4.42. The SMILES string of the molecule is CCC(C(=O)OC)c1ccc(C(F)(F)F)c(F)c1. The minimum Gasteiger partial charge on any atom is -0.469 e. The van der Waals surface area contributed by atoms with E-state index in [2.05, 4.69) is 4.74 Å². The van der Waals surface area contributed by atoms with E-state index in [9.17, 15) is 22.4 Å². The molecule has 0 aliphatic heterocycles. The third-order valence-electron chi connectivity index (χ3n) is 2.59. The molecule has 1 atom stereocenters. The predicted molar refractivity (Wildman–Crippen MR) is 56.5 cm³/mol. The summed E-state index contributed by atoms with van der Waals surface area (Å²) < 4.78 is 54.9. The van der Waals surface area contributed by atoms with E-state index in [1.807, 2.05) is 0 Å². The molecule has 18 heavy (non-hydrogen) atoms. The lowest BCUT2D eigenvalue weighted by atomic mass is 9.95. The molecule has 1 aromatic carbocycles. The molecule has 0 saturated carbocycles. The molecule has 0 aliphatic carbocycles. The van der Waals surface area contributed by atoms with Gasteiger partial charge in [-0.1, -0.05) is 13.0 Å². The first kappa shape index (κ1) is 14.5. The number of carbonyl (C=O) groups is 1. The van der Waals surface area contributed by atoms with Crippen molar-refractivity contribution in [3.05, 3.63) is 35.1 Å². The monoisotopic (exact) mass is 264 g/mol. The molecule has 0 radical (unpaired) electrons. The van der Waals surface area contributed by atoms with Crippen molar-refractivity contribution in [1.29, 1.82) is 0 Å². The van der Waals surface area contributed by atoms with E-state index in [-0.39, 0.29) is 5.56 Å². The average Bonchev–Trinajstić information content (AvgIpc) is 2.28. The summed E-state index contributed by atoms with van der Waals surface area (Å²) in [6.45, 7) is 1.66. The van der Waals surface area contributed by atoms with Crippen LogP contribution in [0.1, 0.15) is 30.4 Å². The molecule has 6 heteroatoms. The van der Waals surface area contributed by atoms with Crippen LogP contribution in [0, 0.1) is 5.82 Å². The highest BCUT2D eigenvalue weighted by Gasteiger charge is 2.34. The van der Waals surface area contributed by atoms with Crippen LogP contribution in [0.15, 0.2) is 18.2 Å². The first-order chi connectivity index (χ1) is 8.31. The molecule has 0 saturated heterocycles. The molecule has 1 aromatic rings. The van der Waals surface area contributed by atoms with Crippen LogP contribution in [-0.2, 0) is 15.7 Å². The molecule has 0 aromatic heterocycles. The minimum atomic E-state index is -4.74. The van der Waals surface area contributed by atoms with E-state index >= 15 is 0 Å². The van der Waals surface area contributed by atoms with Gasteiger partial charge in [-0.05, 0) is 24.1 Å². The van der Waals surface area contributed by atoms with Crippen molar-refractivity contribution in [3.63, 3.8) is 0 Å². The highest BCUT2D eigenvalue weighted by molar-refractivity contribution is 5.77. The number of carbonyl (C=O) groups excluding carboxylic acids is 1. The molecule has 0 fully saturated rings. The highest BCUT2D eigenvalue weighted by atomic mass is 19.4. The largest absolute Gasteiger partial charge is 0.469 e. The first-order valence-corrected chi connectivity index (χ1v) is 5.25. The van der Waals surface area contributed by atoms with Crippen molar-refractivity contribution >= 4 is 5.97 Å². The number of halogens is 4. The smallest absolute Gasteiger partial charge is 0.419 e. The number of esters is 1. The standard InChI is InChI=1S/C12H12F4O2/c1-3-8(11(17)18-2)7-4-5-9(10(13)6-7)12(14,15)16/h4-6,8H,3H2,1-2H3. The molecule has 2 nitrogen and oxygen atoms in total. The number of benzene rings is 1. The quantitative estimate of drug-likeness (QED) is 0.617. The molecule has 1 unspecified atom stereocenters. The molecular weight excluding hydrogens is 252 g/mol. The Balaban J connectivity index is 3.14. The lowest BCUT2D eigenvalue weighted by Crippen LogP contribution is -2.15. The van der Waals surface area contributed by atoms with Crippen molar-refractivity contribution in [2.45, 2.75) is 25.4 Å². The topological polar surface area (TPSA) is 26.3 Å². The van der Waals surface area contributed by atoms with Crippen molar-refractivity contribution in [2.24, 2.45) is 0 Å². The molecule has 0 N–H and O–H groups in total. The van der Waals surface area contributed by atoms with Gasteiger partial charge < -0.3 is 4.74 Å². The van der Waals surface area contributed by atoms with Crippen LogP contribution in [0.3, 0.4) is 0 Å². The first-order valence-electron chi connectivity index (χ1n) is 5.25. The van der Waals surface area contributed by atoms with Crippen LogP contribution < -0.4 is 0 Å². The van der Waals surface area contributed by atoms with E-state index in [0.29, 0.717) is 12.5 Å². The Kier molecular flexibility index (Phi) is 4.32. The van der Waals surface area contributed by atoms with Crippen LogP contribution in [0.25, 0.3) is 0 Å². The maximum absolute atomic E-state index is 13.3. The van der Waals surface area contributed by atoms with Gasteiger partial charge in [0.25, 0.3) is 0 Å². The Morgan fingerprint density at radius 1 is 1.39 bits per heavy atom. The minimum absolute atomic E-state index is 0.176. The molecule has 0 heterocycles. The molecule has 0 amide bonds. The Labute approximate surface area is 102 Å². The summed E-state index contributed by atoms with van der Waals surface area (Å²) >= 11 is 0. The Morgan fingerprint density at radius 3 is 2.39 bits per heavy atom. The Hall–Kier alpha value is -1.59. The lowest BCUT2D eigenvalue weighted by molar-refractivity contribution is -0.142. The zero-order valence-electron chi connectivity index (χ0n) is 9.84. The van der Waals surface area contributed by atoms with Gasteiger partial charge in [0.2, 0.25) is 0 Å². The lowest BCUT2D eigenvalue weighted by Gasteiger charge is -2.14. The fourth-order valence-corrected chi connectivity index (χ4v) is 1.66. The fraction of sp³-hybridized carbons (Fsp3) is 0.417. The van der Waals surface area contributed by atoms with Crippen LogP contribution in [-0.4, -0.2) is 13.1 Å². The highest BCUT2D eigenvalue weighted by Crippen LogP contribution is 2.33. The summed E-state index contributed by atoms with van der Waals surface area (Å²) in [7, 11) is 1.17. The van der Waals surface area contributed by atoms with Gasteiger partial charge >= 0.3 is 12.1 Å². The summed E-state index contributed by atoms with van der Waals surface area (Å²) in [5, 5.41) is 0. The fourth-order valence-electron chi connectivity index (χ4n) is 1.66. The number of alkyl halides is 3. The summed E-state index contributed by atoms with van der Waals surface area (Å²) in [4.78, 5) is 11.4. The van der Waals surface area contributed by atoms with Gasteiger partial charge in [-0.25, -0.2) is 4.39 Å². The van der Waals surface area contributed by atoms with Crippen LogP contribution >= 0.6 is 0 Å². The number of methoxy groups -OCH3 is 1. The van der Waals surface area contributed by atoms with Gasteiger partial charge in [0.15, 0.2) is 0 Å². The predicted octanol–water partition coefficient (Wildman–Crippen LogP) is 3.51. The molecular formula is C12H12F4O2. The third-order valence-corrected chi connectivity index (χ3v) is 2.59. The van der Waals surface area contributed by atoms with Crippen LogP contribution in [0.2, 0.25) is 0 Å². The van der Waals surface area contributed by atoms with E-state index in [0.717, 1.165) is 12.1 Å². The average molecular weight is 264 g/mol. The normalized spacial score (nSPS) is 13.2. The van der Waals surface area contributed by atoms with Crippen molar-refractivity contribution in [3.8, 4) is 0 Å². The Morgan fingerprint density at radius 2 is 2.00 bits per heavy atom. The van der Waals surface area contributed by atoms with E-state index in [4.69, 9.17) is 0 Å². The van der Waals surface area contributed by atoms with Gasteiger partial charge in [0.1, 0.15) is 5.82 Å². The van der Waals surface area contributed by atoms with Crippen LogP contribution in [0.4, 0.5) is 17.6 Å². The second kappa shape index (κ2) is 5.37. The van der Waals surface area contributed by atoms with E-state index in [1.54, 1.807) is 6.92 Å². The zero-order valence-corrected chi connectivity index (χ0v) is 9.84. The summed E-state index contributed by atoms with van der Waals surface area (Å²) in [5.74, 6) is -2.74. The van der Waals surface area contributed by atoms with E-state index in [1.165, 1.54) is 7.11 Å². The number of rotatable bonds is 3. The van der Waals surface area contributed by atoms with Gasteiger partial charge in [-0.15, -0.1) is 0 Å². The molecule has 100 valence electrons. The molecule has 0 bridgehead atoms. The summed E-state index contributed by atoms with van der Waals surface area (Å²) in [5.41, 5.74) is -1.17. The number of hydrogen-bond acceptors (Lipinski definition) is 2. The van der Waals surface area contributed by atoms with Crippen molar-refractivity contribution in [1.82, 2.24) is 0 Å². The number of hydrogen-bond donors (Lipinski definition) is 0. The van der Waals surface area contributed by atoms with Gasteiger partial charge in [-0.2, -0.15) is 13.2 Å². The maximum atomic E-state index is 13.3. The molecule has 1 rings (SSSR count). The Bertz CT molecular complexity index is 440. The second-order valence-electron chi connectivity index (χ2n) is 3.72. The number of ether oxygens (including phenoxy) is 1. The second-order valence-corrected chi connectivity index (χ2v) is 3.72. The summed E-state index contributed by atoms with van der Waals surface area (Å²) in [6, 6.07) is 2.46. The molecule has 0 aliphatic rings. The van der Waals surface area contributed by atoms with Gasteiger partial charge in [-0.3, -0.25) is 4.79 Å². The maximum Gasteiger partial charge on any atom is 0.419 e. The van der Waals surface area contributed by atoms with Gasteiger partial charge in [0.05, 0.1) is 18.6 Å². The third kappa shape index (κ3) is 3.00. The molecule has 0 spiro atoms. The van der Waals surface area contributed by atoms with E-state index < -0.39 is 29.4 Å². The van der Waals surface area contributed by atoms with Crippen molar-refractivity contribution in [2.75, 3.05) is 7.11 Å². The van der Waals surface area contributed by atoms with Gasteiger partial charge in [0, 0.05) is 0 Å². The van der Waals surface area contributed by atoms with Crippen molar-refractivity contribution < 1.29 is 27.1 Å².